The second kappa shape index (κ2) is 6.38. The van der Waals surface area contributed by atoms with E-state index < -0.39 is 4.92 Å². The Labute approximate surface area is 124 Å². The van der Waals surface area contributed by atoms with Crippen molar-refractivity contribution in [3.8, 4) is 11.5 Å². The number of ether oxygens (including phenoxy) is 2. The van der Waals surface area contributed by atoms with Gasteiger partial charge in [-0.15, -0.1) is 0 Å². The van der Waals surface area contributed by atoms with Crippen LogP contribution in [-0.4, -0.2) is 12.0 Å². The van der Waals surface area contributed by atoms with Crippen LogP contribution >= 0.6 is 15.9 Å². The van der Waals surface area contributed by atoms with E-state index in [4.69, 9.17) is 9.47 Å². The van der Waals surface area contributed by atoms with Gasteiger partial charge >= 0.3 is 5.69 Å². The van der Waals surface area contributed by atoms with Crippen molar-refractivity contribution in [1.29, 1.82) is 0 Å². The van der Waals surface area contributed by atoms with Crippen LogP contribution in [0.25, 0.3) is 0 Å². The number of hydrogen-bond donors (Lipinski definition) is 0. The first kappa shape index (κ1) is 14.3. The molecule has 0 N–H and O–H groups in total. The average Bonchev–Trinajstić information content (AvgIpc) is 2.45. The molecule has 2 aromatic carbocycles. The molecule has 0 aromatic heterocycles. The first-order valence-corrected chi connectivity index (χ1v) is 6.59. The maximum Gasteiger partial charge on any atom is 0.311 e. The summed E-state index contributed by atoms with van der Waals surface area (Å²) in [6.45, 7) is 0.251. The number of nitro groups is 1. The van der Waals surface area contributed by atoms with Crippen molar-refractivity contribution in [1.82, 2.24) is 0 Å². The van der Waals surface area contributed by atoms with Gasteiger partial charge in [-0.1, -0.05) is 28.1 Å². The largest absolute Gasteiger partial charge is 0.490 e. The molecule has 2 rings (SSSR count). The van der Waals surface area contributed by atoms with Gasteiger partial charge in [0.2, 0.25) is 0 Å². The minimum Gasteiger partial charge on any atom is -0.490 e. The molecule has 0 spiro atoms. The normalized spacial score (nSPS) is 10.1. The molecule has 0 radical (unpaired) electrons. The Morgan fingerprint density at radius 1 is 1.25 bits per heavy atom. The molecule has 0 aliphatic rings. The fraction of sp³-hybridized carbons (Fsp3) is 0.143. The summed E-state index contributed by atoms with van der Waals surface area (Å²) in [4.78, 5) is 10.5. The van der Waals surface area contributed by atoms with E-state index in [1.807, 2.05) is 24.3 Å². The Balaban J connectivity index is 2.14. The number of halogens is 1. The van der Waals surface area contributed by atoms with Gasteiger partial charge in [0.25, 0.3) is 0 Å². The van der Waals surface area contributed by atoms with Gasteiger partial charge in [0, 0.05) is 10.5 Å². The Hall–Kier alpha value is -2.08. The molecular weight excluding hydrogens is 326 g/mol. The highest BCUT2D eigenvalue weighted by Crippen LogP contribution is 2.28. The van der Waals surface area contributed by atoms with Crippen LogP contribution in [0, 0.1) is 10.1 Å². The van der Waals surface area contributed by atoms with Crippen LogP contribution in [0.5, 0.6) is 11.5 Å². The lowest BCUT2D eigenvalue weighted by Crippen LogP contribution is -1.99. The summed E-state index contributed by atoms with van der Waals surface area (Å²) in [5, 5.41) is 10.9. The number of nitrogens with zero attached hydrogens (tertiary/aromatic N) is 1. The molecule has 0 saturated carbocycles. The Morgan fingerprint density at radius 2 is 2.05 bits per heavy atom. The van der Waals surface area contributed by atoms with E-state index in [1.54, 1.807) is 12.1 Å². The molecule has 6 heteroatoms. The summed E-state index contributed by atoms with van der Waals surface area (Å²) in [6.07, 6.45) is 0. The lowest BCUT2D eigenvalue weighted by molar-refractivity contribution is -0.385. The van der Waals surface area contributed by atoms with Crippen molar-refractivity contribution in [2.75, 3.05) is 7.11 Å². The summed E-state index contributed by atoms with van der Waals surface area (Å²) in [6, 6.07) is 12.2. The van der Waals surface area contributed by atoms with E-state index >= 15 is 0 Å². The zero-order valence-corrected chi connectivity index (χ0v) is 12.3. The van der Waals surface area contributed by atoms with Crippen molar-refractivity contribution >= 4 is 21.6 Å². The lowest BCUT2D eigenvalue weighted by Gasteiger charge is -2.08. The van der Waals surface area contributed by atoms with E-state index in [1.165, 1.54) is 13.2 Å². The predicted octanol–water partition coefficient (Wildman–Crippen LogP) is 3.94. The third-order valence-electron chi connectivity index (χ3n) is 2.64. The minimum absolute atomic E-state index is 0.0668. The molecule has 0 aliphatic heterocycles. The highest BCUT2D eigenvalue weighted by Gasteiger charge is 2.15. The first-order chi connectivity index (χ1) is 9.60. The maximum absolute atomic E-state index is 10.9. The van der Waals surface area contributed by atoms with Gasteiger partial charge in [0.1, 0.15) is 12.4 Å². The van der Waals surface area contributed by atoms with Crippen molar-refractivity contribution in [2.24, 2.45) is 0 Å². The third-order valence-corrected chi connectivity index (χ3v) is 3.13. The van der Waals surface area contributed by atoms with Crippen molar-refractivity contribution in [3.63, 3.8) is 0 Å². The molecule has 0 atom stereocenters. The Morgan fingerprint density at radius 3 is 2.70 bits per heavy atom. The number of nitro benzene ring substituents is 1. The first-order valence-electron chi connectivity index (χ1n) is 5.80. The quantitative estimate of drug-likeness (QED) is 0.612. The van der Waals surface area contributed by atoms with Crippen LogP contribution in [-0.2, 0) is 6.61 Å². The molecule has 0 bridgehead atoms. The maximum atomic E-state index is 10.9. The van der Waals surface area contributed by atoms with Gasteiger partial charge in [-0.2, -0.15) is 0 Å². The second-order valence-electron chi connectivity index (χ2n) is 4.01. The molecule has 0 fully saturated rings. The van der Waals surface area contributed by atoms with E-state index in [-0.39, 0.29) is 18.0 Å². The molecule has 0 heterocycles. The average molecular weight is 338 g/mol. The number of benzene rings is 2. The van der Waals surface area contributed by atoms with Gasteiger partial charge in [0.05, 0.1) is 12.0 Å². The summed E-state index contributed by atoms with van der Waals surface area (Å²) < 4.78 is 11.5. The van der Waals surface area contributed by atoms with Gasteiger partial charge < -0.3 is 9.47 Å². The lowest BCUT2D eigenvalue weighted by atomic mass is 10.2. The second-order valence-corrected chi connectivity index (χ2v) is 4.93. The van der Waals surface area contributed by atoms with E-state index in [0.717, 1.165) is 4.47 Å². The molecular formula is C14H12BrNO4. The van der Waals surface area contributed by atoms with Crippen LogP contribution in [0.2, 0.25) is 0 Å². The summed E-state index contributed by atoms with van der Waals surface area (Å²) in [5.74, 6) is 0.930. The molecule has 0 saturated heterocycles. The molecule has 5 nitrogen and oxygen atoms in total. The van der Waals surface area contributed by atoms with E-state index in [9.17, 15) is 10.1 Å². The standard InChI is InChI=1S/C14H12BrNO4/c1-19-14-6-5-10(7-13(14)16(17)18)9-20-12-4-2-3-11(15)8-12/h2-8H,9H2,1H3. The zero-order chi connectivity index (χ0) is 14.5. The summed E-state index contributed by atoms with van der Waals surface area (Å²) in [5.41, 5.74) is 0.639. The topological polar surface area (TPSA) is 61.6 Å². The monoisotopic (exact) mass is 337 g/mol. The fourth-order valence-electron chi connectivity index (χ4n) is 1.69. The predicted molar refractivity (Wildman–Crippen MR) is 78.1 cm³/mol. The molecule has 2 aromatic rings. The SMILES string of the molecule is COc1ccc(COc2cccc(Br)c2)cc1[N+](=O)[O-]. The molecule has 0 unspecified atom stereocenters. The van der Waals surface area contributed by atoms with Gasteiger partial charge in [-0.3, -0.25) is 10.1 Å². The van der Waals surface area contributed by atoms with Gasteiger partial charge in [-0.25, -0.2) is 0 Å². The third kappa shape index (κ3) is 3.48. The zero-order valence-electron chi connectivity index (χ0n) is 10.7. The molecule has 20 heavy (non-hydrogen) atoms. The molecule has 0 aliphatic carbocycles. The van der Waals surface area contributed by atoms with Crippen LogP contribution in [0.4, 0.5) is 5.69 Å². The summed E-state index contributed by atoms with van der Waals surface area (Å²) in [7, 11) is 1.40. The highest BCUT2D eigenvalue weighted by atomic mass is 79.9. The number of rotatable bonds is 5. The number of hydrogen-bond acceptors (Lipinski definition) is 4. The van der Waals surface area contributed by atoms with E-state index in [0.29, 0.717) is 11.3 Å². The van der Waals surface area contributed by atoms with Crippen molar-refractivity contribution in [2.45, 2.75) is 6.61 Å². The van der Waals surface area contributed by atoms with Crippen LogP contribution < -0.4 is 9.47 Å². The van der Waals surface area contributed by atoms with Crippen LogP contribution in [0.1, 0.15) is 5.56 Å². The minimum atomic E-state index is -0.471. The smallest absolute Gasteiger partial charge is 0.311 e. The van der Waals surface area contributed by atoms with Crippen molar-refractivity contribution < 1.29 is 14.4 Å². The Kier molecular flexibility index (Phi) is 4.57. The summed E-state index contributed by atoms with van der Waals surface area (Å²) >= 11 is 3.35. The van der Waals surface area contributed by atoms with Crippen LogP contribution in [0.15, 0.2) is 46.9 Å². The number of methoxy groups -OCH3 is 1. The molecule has 104 valence electrons. The van der Waals surface area contributed by atoms with E-state index in [2.05, 4.69) is 15.9 Å². The highest BCUT2D eigenvalue weighted by molar-refractivity contribution is 9.10. The van der Waals surface area contributed by atoms with Gasteiger partial charge in [0.15, 0.2) is 5.75 Å². The Bertz CT molecular complexity index is 630. The van der Waals surface area contributed by atoms with Crippen molar-refractivity contribution in [3.05, 3.63) is 62.6 Å². The van der Waals surface area contributed by atoms with Gasteiger partial charge in [-0.05, 0) is 29.8 Å². The molecule has 0 amide bonds. The fourth-order valence-corrected chi connectivity index (χ4v) is 2.07. The van der Waals surface area contributed by atoms with Crippen LogP contribution in [0.3, 0.4) is 0 Å².